The van der Waals surface area contributed by atoms with Gasteiger partial charge in [0.25, 0.3) is 0 Å². The molecule has 2 rings (SSSR count). The molecule has 0 aliphatic heterocycles. The molecule has 0 saturated carbocycles. The van der Waals surface area contributed by atoms with Crippen molar-refractivity contribution in [2.24, 2.45) is 0 Å². The molecule has 2 heteroatoms. The maximum Gasteiger partial charge on any atom is 0.0951 e. The van der Waals surface area contributed by atoms with E-state index in [0.717, 1.165) is 18.5 Å². The molecule has 1 aromatic carbocycles. The van der Waals surface area contributed by atoms with Crippen molar-refractivity contribution >= 4 is 0 Å². The minimum Gasteiger partial charge on any atom is -0.387 e. The Balaban J connectivity index is 2.23. The van der Waals surface area contributed by atoms with Crippen LogP contribution in [0.2, 0.25) is 0 Å². The van der Waals surface area contributed by atoms with Crippen LogP contribution in [-0.4, -0.2) is 28.6 Å². The summed E-state index contributed by atoms with van der Waals surface area (Å²) in [6, 6.07) is 8.98. The normalized spacial score (nSPS) is 24.1. The van der Waals surface area contributed by atoms with Gasteiger partial charge in [-0.25, -0.2) is 0 Å². The number of fused-ring (bicyclic) bond motifs is 1. The third-order valence-corrected chi connectivity index (χ3v) is 3.62. The molecule has 1 N–H and O–H groups in total. The fourth-order valence-electron chi connectivity index (χ4n) is 2.83. The van der Waals surface area contributed by atoms with E-state index in [2.05, 4.69) is 37.8 Å². The molecule has 1 aliphatic rings. The Bertz CT molecular complexity index is 362. The third kappa shape index (κ3) is 1.87. The van der Waals surface area contributed by atoms with Crippen LogP contribution in [0.5, 0.6) is 0 Å². The average molecular weight is 219 g/mol. The molecule has 16 heavy (non-hydrogen) atoms. The van der Waals surface area contributed by atoms with E-state index in [1.54, 1.807) is 0 Å². The van der Waals surface area contributed by atoms with Crippen molar-refractivity contribution in [1.29, 1.82) is 0 Å². The minimum absolute atomic E-state index is 0.252. The summed E-state index contributed by atoms with van der Waals surface area (Å²) < 4.78 is 0. The highest BCUT2D eigenvalue weighted by atomic mass is 16.3. The molecule has 0 heterocycles. The Hall–Kier alpha value is -0.860. The number of aliphatic hydroxyl groups is 1. The maximum absolute atomic E-state index is 10.3. The van der Waals surface area contributed by atoms with Crippen LogP contribution in [-0.2, 0) is 6.42 Å². The van der Waals surface area contributed by atoms with Gasteiger partial charge in [0.2, 0.25) is 0 Å². The summed E-state index contributed by atoms with van der Waals surface area (Å²) in [4.78, 5) is 2.38. The van der Waals surface area contributed by atoms with Crippen LogP contribution < -0.4 is 0 Å². The molecule has 0 aromatic heterocycles. The van der Waals surface area contributed by atoms with Gasteiger partial charge in [-0.3, -0.25) is 4.90 Å². The lowest BCUT2D eigenvalue weighted by atomic mass is 10.1. The second-order valence-electron chi connectivity index (χ2n) is 4.84. The fourth-order valence-corrected chi connectivity index (χ4v) is 2.83. The molecule has 1 aliphatic carbocycles. The van der Waals surface area contributed by atoms with E-state index in [4.69, 9.17) is 0 Å². The van der Waals surface area contributed by atoms with Gasteiger partial charge in [0, 0.05) is 12.1 Å². The molecular formula is C14H21NO. The molecule has 88 valence electrons. The second kappa shape index (κ2) is 4.56. The van der Waals surface area contributed by atoms with Crippen molar-refractivity contribution in [2.45, 2.75) is 45.4 Å². The van der Waals surface area contributed by atoms with Gasteiger partial charge in [-0.15, -0.1) is 0 Å². The van der Waals surface area contributed by atoms with Gasteiger partial charge in [-0.1, -0.05) is 31.2 Å². The van der Waals surface area contributed by atoms with Crippen LogP contribution in [0.25, 0.3) is 0 Å². The largest absolute Gasteiger partial charge is 0.387 e. The molecule has 2 nitrogen and oxygen atoms in total. The topological polar surface area (TPSA) is 23.5 Å². The standard InChI is InChI=1S/C14H21NO/c1-4-15(10(2)3)13-9-11-7-5-6-8-12(11)14(13)16/h5-8,10,13-14,16H,4,9H2,1-3H3. The first kappa shape index (κ1) is 11.6. The molecular weight excluding hydrogens is 198 g/mol. The molecule has 0 fully saturated rings. The van der Waals surface area contributed by atoms with Gasteiger partial charge in [-0.2, -0.15) is 0 Å². The van der Waals surface area contributed by atoms with E-state index in [0.29, 0.717) is 6.04 Å². The monoisotopic (exact) mass is 219 g/mol. The Morgan fingerprint density at radius 3 is 2.62 bits per heavy atom. The van der Waals surface area contributed by atoms with Crippen LogP contribution in [0, 0.1) is 0 Å². The van der Waals surface area contributed by atoms with Crippen molar-refractivity contribution in [3.63, 3.8) is 0 Å². The first-order valence-corrected chi connectivity index (χ1v) is 6.16. The smallest absolute Gasteiger partial charge is 0.0951 e. The summed E-state index contributed by atoms with van der Waals surface area (Å²) in [5, 5.41) is 10.3. The van der Waals surface area contributed by atoms with Gasteiger partial charge in [0.1, 0.15) is 0 Å². The summed E-state index contributed by atoms with van der Waals surface area (Å²) in [6.07, 6.45) is 0.655. The Kier molecular flexibility index (Phi) is 3.31. The Morgan fingerprint density at radius 2 is 2.06 bits per heavy atom. The predicted molar refractivity (Wildman–Crippen MR) is 66.4 cm³/mol. The number of hydrogen-bond donors (Lipinski definition) is 1. The Morgan fingerprint density at radius 1 is 1.38 bits per heavy atom. The van der Waals surface area contributed by atoms with Crippen LogP contribution in [0.15, 0.2) is 24.3 Å². The SMILES string of the molecule is CCN(C(C)C)C1Cc2ccccc2C1O. The second-order valence-corrected chi connectivity index (χ2v) is 4.84. The van der Waals surface area contributed by atoms with E-state index >= 15 is 0 Å². The molecule has 1 aromatic rings. The maximum atomic E-state index is 10.3. The van der Waals surface area contributed by atoms with Gasteiger partial charge < -0.3 is 5.11 Å². The van der Waals surface area contributed by atoms with E-state index in [9.17, 15) is 5.11 Å². The number of nitrogens with zero attached hydrogens (tertiary/aromatic N) is 1. The summed E-state index contributed by atoms with van der Waals surface area (Å²) in [5.74, 6) is 0. The molecule has 0 amide bonds. The van der Waals surface area contributed by atoms with Crippen LogP contribution in [0.4, 0.5) is 0 Å². The number of benzene rings is 1. The summed E-state index contributed by atoms with van der Waals surface area (Å²) >= 11 is 0. The van der Waals surface area contributed by atoms with E-state index in [1.807, 2.05) is 12.1 Å². The number of likely N-dealkylation sites (N-methyl/N-ethyl adjacent to an activating group) is 1. The van der Waals surface area contributed by atoms with Crippen molar-refractivity contribution in [2.75, 3.05) is 6.54 Å². The summed E-state index contributed by atoms with van der Waals surface area (Å²) in [5.41, 5.74) is 2.42. The minimum atomic E-state index is -0.321. The van der Waals surface area contributed by atoms with Crippen molar-refractivity contribution < 1.29 is 5.11 Å². The van der Waals surface area contributed by atoms with Crippen LogP contribution in [0.3, 0.4) is 0 Å². The van der Waals surface area contributed by atoms with Gasteiger partial charge in [0.15, 0.2) is 0 Å². The first-order chi connectivity index (χ1) is 7.65. The first-order valence-electron chi connectivity index (χ1n) is 6.16. The quantitative estimate of drug-likeness (QED) is 0.843. The van der Waals surface area contributed by atoms with Gasteiger partial charge in [-0.05, 0) is 37.9 Å². The van der Waals surface area contributed by atoms with Gasteiger partial charge >= 0.3 is 0 Å². The van der Waals surface area contributed by atoms with E-state index < -0.39 is 0 Å². The lowest BCUT2D eigenvalue weighted by molar-refractivity contribution is 0.0458. The number of rotatable bonds is 3. The van der Waals surface area contributed by atoms with E-state index in [1.165, 1.54) is 5.56 Å². The number of hydrogen-bond acceptors (Lipinski definition) is 2. The van der Waals surface area contributed by atoms with Gasteiger partial charge in [0.05, 0.1) is 6.10 Å². The molecule has 2 unspecified atom stereocenters. The average Bonchev–Trinajstić information content (AvgIpc) is 2.58. The van der Waals surface area contributed by atoms with Crippen molar-refractivity contribution in [1.82, 2.24) is 4.90 Å². The van der Waals surface area contributed by atoms with E-state index in [-0.39, 0.29) is 12.1 Å². The number of aliphatic hydroxyl groups excluding tert-OH is 1. The molecule has 0 radical (unpaired) electrons. The highest BCUT2D eigenvalue weighted by Gasteiger charge is 2.34. The zero-order valence-corrected chi connectivity index (χ0v) is 10.4. The lowest BCUT2D eigenvalue weighted by Crippen LogP contribution is -2.42. The van der Waals surface area contributed by atoms with Crippen molar-refractivity contribution in [3.8, 4) is 0 Å². The highest BCUT2D eigenvalue weighted by molar-refractivity contribution is 5.35. The Labute approximate surface area is 97.9 Å². The van der Waals surface area contributed by atoms with Crippen molar-refractivity contribution in [3.05, 3.63) is 35.4 Å². The molecule has 0 spiro atoms. The van der Waals surface area contributed by atoms with Crippen LogP contribution >= 0.6 is 0 Å². The summed E-state index contributed by atoms with van der Waals surface area (Å²) in [6.45, 7) is 7.54. The zero-order valence-electron chi connectivity index (χ0n) is 10.4. The fraction of sp³-hybridized carbons (Fsp3) is 0.571. The third-order valence-electron chi connectivity index (χ3n) is 3.62. The zero-order chi connectivity index (χ0) is 11.7. The molecule has 2 atom stereocenters. The molecule has 0 bridgehead atoms. The highest BCUT2D eigenvalue weighted by Crippen LogP contribution is 2.34. The predicted octanol–water partition coefficient (Wildman–Crippen LogP) is 2.38. The lowest BCUT2D eigenvalue weighted by Gasteiger charge is -2.33. The molecule has 0 saturated heterocycles. The van der Waals surface area contributed by atoms with Crippen LogP contribution in [0.1, 0.15) is 38.0 Å². The summed E-state index contributed by atoms with van der Waals surface area (Å²) in [7, 11) is 0.